The van der Waals surface area contributed by atoms with Gasteiger partial charge in [-0.05, 0) is 6.07 Å². The summed E-state index contributed by atoms with van der Waals surface area (Å²) in [5, 5.41) is 8.31. The first-order valence-electron chi connectivity index (χ1n) is 7.08. The fourth-order valence-corrected chi connectivity index (χ4v) is 2.81. The quantitative estimate of drug-likeness (QED) is 0.667. The van der Waals surface area contributed by atoms with E-state index < -0.39 is 0 Å². The van der Waals surface area contributed by atoms with Gasteiger partial charge in [0.25, 0.3) is 0 Å². The van der Waals surface area contributed by atoms with Crippen LogP contribution in [-0.2, 0) is 0 Å². The summed E-state index contributed by atoms with van der Waals surface area (Å²) in [6.45, 7) is 0. The van der Waals surface area contributed by atoms with Crippen molar-refractivity contribution in [1.29, 1.82) is 0 Å². The van der Waals surface area contributed by atoms with Crippen molar-refractivity contribution in [3.8, 4) is 0 Å². The molecular weight excluding hydrogens is 276 g/mol. The number of carbonyl (C=O) groups is 1. The first kappa shape index (κ1) is 12.6. The number of aromatic nitrogens is 1. The van der Waals surface area contributed by atoms with E-state index in [0.717, 1.165) is 27.7 Å². The molecule has 1 aromatic heterocycles. The average molecular weight is 290 g/mol. The summed E-state index contributed by atoms with van der Waals surface area (Å²) < 4.78 is 0. The Bertz CT molecular complexity index is 867. The molecular formula is C17H14N4O. The lowest BCUT2D eigenvalue weighted by Gasteiger charge is -2.24. The van der Waals surface area contributed by atoms with Crippen LogP contribution in [0.2, 0.25) is 0 Å². The largest absolute Gasteiger partial charge is 0.361 e. The average Bonchev–Trinajstić information content (AvgIpc) is 2.99. The minimum Gasteiger partial charge on any atom is -0.361 e. The molecule has 2 aromatic carbocycles. The van der Waals surface area contributed by atoms with E-state index in [1.165, 1.54) is 0 Å². The number of hydrogen-bond donors (Lipinski definition) is 3. The number of hydrogen-bond acceptors (Lipinski definition) is 2. The van der Waals surface area contributed by atoms with Gasteiger partial charge in [0.15, 0.2) is 0 Å². The van der Waals surface area contributed by atoms with E-state index in [2.05, 4.69) is 20.8 Å². The summed E-state index contributed by atoms with van der Waals surface area (Å²) in [6.07, 6.45) is 1.93. The van der Waals surface area contributed by atoms with Gasteiger partial charge in [-0.1, -0.05) is 48.5 Å². The summed E-state index contributed by atoms with van der Waals surface area (Å²) in [5.74, 6) is 0. The number of urea groups is 1. The molecule has 3 N–H and O–H groups in total. The predicted octanol–water partition coefficient (Wildman–Crippen LogP) is 2.93. The van der Waals surface area contributed by atoms with E-state index in [1.54, 1.807) is 0 Å². The van der Waals surface area contributed by atoms with Crippen LogP contribution in [0.25, 0.3) is 10.9 Å². The molecule has 3 aromatic rings. The van der Waals surface area contributed by atoms with Crippen molar-refractivity contribution < 1.29 is 4.79 Å². The highest BCUT2D eigenvalue weighted by molar-refractivity contribution is 6.09. The molecule has 0 saturated heterocycles. The van der Waals surface area contributed by atoms with Crippen LogP contribution in [0.4, 0.5) is 4.79 Å². The zero-order valence-corrected chi connectivity index (χ0v) is 11.7. The Hall–Kier alpha value is -3.08. The number of aromatic amines is 1. The minimum absolute atomic E-state index is 0.285. The molecule has 0 saturated carbocycles. The number of fused-ring (bicyclic) bond motifs is 1. The first-order valence-corrected chi connectivity index (χ1v) is 7.08. The third kappa shape index (κ3) is 2.03. The van der Waals surface area contributed by atoms with Gasteiger partial charge >= 0.3 is 6.03 Å². The molecule has 0 bridgehead atoms. The number of benzene rings is 2. The van der Waals surface area contributed by atoms with Gasteiger partial charge in [-0.3, -0.25) is 0 Å². The van der Waals surface area contributed by atoms with E-state index in [1.807, 2.05) is 60.8 Å². The summed E-state index contributed by atoms with van der Waals surface area (Å²) in [7, 11) is 0. The molecule has 0 fully saturated rings. The molecule has 5 nitrogen and oxygen atoms in total. The maximum Gasteiger partial charge on any atom is 0.335 e. The molecule has 22 heavy (non-hydrogen) atoms. The van der Waals surface area contributed by atoms with Gasteiger partial charge in [0.1, 0.15) is 6.04 Å². The van der Waals surface area contributed by atoms with Crippen molar-refractivity contribution >= 4 is 22.6 Å². The Kier molecular flexibility index (Phi) is 2.89. The van der Waals surface area contributed by atoms with Crippen molar-refractivity contribution in [3.63, 3.8) is 0 Å². The fourth-order valence-electron chi connectivity index (χ4n) is 2.81. The minimum atomic E-state index is -0.296. The second-order valence-corrected chi connectivity index (χ2v) is 5.17. The van der Waals surface area contributed by atoms with Gasteiger partial charge in [-0.15, -0.1) is 0 Å². The van der Waals surface area contributed by atoms with Crippen molar-refractivity contribution in [1.82, 2.24) is 15.7 Å². The lowest BCUT2D eigenvalue weighted by atomic mass is 9.96. The van der Waals surface area contributed by atoms with Crippen molar-refractivity contribution in [3.05, 3.63) is 71.9 Å². The van der Waals surface area contributed by atoms with E-state index in [-0.39, 0.29) is 12.1 Å². The molecule has 5 heteroatoms. The van der Waals surface area contributed by atoms with Crippen LogP contribution in [0.1, 0.15) is 17.2 Å². The molecule has 1 unspecified atom stereocenters. The van der Waals surface area contributed by atoms with Crippen LogP contribution in [0.5, 0.6) is 0 Å². The van der Waals surface area contributed by atoms with Crippen LogP contribution in [0, 0.1) is 0 Å². The Morgan fingerprint density at radius 2 is 1.73 bits per heavy atom. The summed E-state index contributed by atoms with van der Waals surface area (Å²) in [4.78, 5) is 15.0. The SMILES string of the molecule is O=C1NN=C(c2ccccc2)C(c2c[nH]c3ccccc23)N1. The molecule has 1 aliphatic heterocycles. The third-order valence-corrected chi connectivity index (χ3v) is 3.83. The van der Waals surface area contributed by atoms with E-state index >= 15 is 0 Å². The Labute approximate surface area is 127 Å². The highest BCUT2D eigenvalue weighted by Crippen LogP contribution is 2.28. The van der Waals surface area contributed by atoms with Crippen molar-refractivity contribution in [2.75, 3.05) is 0 Å². The lowest BCUT2D eigenvalue weighted by Crippen LogP contribution is -2.44. The maximum atomic E-state index is 11.7. The molecule has 1 aliphatic rings. The van der Waals surface area contributed by atoms with Crippen LogP contribution < -0.4 is 10.7 Å². The molecule has 0 spiro atoms. The Balaban J connectivity index is 1.86. The highest BCUT2D eigenvalue weighted by atomic mass is 16.2. The summed E-state index contributed by atoms with van der Waals surface area (Å²) in [5.41, 5.74) is 6.32. The van der Waals surface area contributed by atoms with Crippen molar-refractivity contribution in [2.45, 2.75) is 6.04 Å². The van der Waals surface area contributed by atoms with Gasteiger partial charge in [0.2, 0.25) is 0 Å². The third-order valence-electron chi connectivity index (χ3n) is 3.83. The van der Waals surface area contributed by atoms with Crippen LogP contribution in [0.3, 0.4) is 0 Å². The number of nitrogens with one attached hydrogen (secondary N) is 3. The maximum absolute atomic E-state index is 11.7. The number of rotatable bonds is 2. The van der Waals surface area contributed by atoms with Gasteiger partial charge in [-0.2, -0.15) is 5.10 Å². The molecule has 0 radical (unpaired) electrons. The van der Waals surface area contributed by atoms with Gasteiger partial charge in [0, 0.05) is 28.2 Å². The summed E-state index contributed by atoms with van der Waals surface area (Å²) >= 11 is 0. The number of H-pyrrole nitrogens is 1. The van der Waals surface area contributed by atoms with Crippen molar-refractivity contribution in [2.24, 2.45) is 5.10 Å². The second-order valence-electron chi connectivity index (χ2n) is 5.17. The van der Waals surface area contributed by atoms with Gasteiger partial charge in [0.05, 0.1) is 5.71 Å². The monoisotopic (exact) mass is 290 g/mol. The number of para-hydroxylation sites is 1. The topological polar surface area (TPSA) is 69.3 Å². The van der Waals surface area contributed by atoms with E-state index in [4.69, 9.17) is 0 Å². The van der Waals surface area contributed by atoms with Crippen LogP contribution in [0.15, 0.2) is 65.9 Å². The Morgan fingerprint density at radius 1 is 0.955 bits per heavy atom. The van der Waals surface area contributed by atoms with Crippen LogP contribution >= 0.6 is 0 Å². The molecule has 2 amide bonds. The van der Waals surface area contributed by atoms with Gasteiger partial charge in [-0.25, -0.2) is 10.2 Å². The first-order chi connectivity index (χ1) is 10.8. The Morgan fingerprint density at radius 3 is 2.59 bits per heavy atom. The highest BCUT2D eigenvalue weighted by Gasteiger charge is 2.27. The predicted molar refractivity (Wildman–Crippen MR) is 85.7 cm³/mol. The smallest absolute Gasteiger partial charge is 0.335 e. The molecule has 108 valence electrons. The van der Waals surface area contributed by atoms with Gasteiger partial charge < -0.3 is 10.3 Å². The number of amides is 2. The van der Waals surface area contributed by atoms with E-state index in [9.17, 15) is 4.79 Å². The molecule has 1 atom stereocenters. The zero-order valence-electron chi connectivity index (χ0n) is 11.7. The van der Waals surface area contributed by atoms with Crippen LogP contribution in [-0.4, -0.2) is 16.7 Å². The normalized spacial score (nSPS) is 17.7. The fraction of sp³-hybridized carbons (Fsp3) is 0.0588. The lowest BCUT2D eigenvalue weighted by molar-refractivity contribution is 0.238. The number of nitrogens with zero attached hydrogens (tertiary/aromatic N) is 1. The number of carbonyl (C=O) groups excluding carboxylic acids is 1. The molecule has 0 aliphatic carbocycles. The molecule has 2 heterocycles. The zero-order chi connectivity index (χ0) is 14.9. The summed E-state index contributed by atoms with van der Waals surface area (Å²) in [6, 6.07) is 17.3. The second kappa shape index (κ2) is 5.04. The molecule has 4 rings (SSSR count). The standard InChI is InChI=1S/C17H14N4O/c22-17-19-16(13-10-18-14-9-5-4-8-12(13)14)15(20-21-17)11-6-2-1-3-7-11/h1-10,16,18H,(H2,19,21,22). The van der Waals surface area contributed by atoms with E-state index in [0.29, 0.717) is 0 Å². The number of hydrazone groups is 1.